The first kappa shape index (κ1) is 43.1. The van der Waals surface area contributed by atoms with E-state index < -0.39 is 0 Å². The average Bonchev–Trinajstić information content (AvgIpc) is 3.73. The monoisotopic (exact) mass is 951 g/mol. The van der Waals surface area contributed by atoms with Crippen LogP contribution in [0.25, 0.3) is 39.0 Å². The van der Waals surface area contributed by atoms with Crippen LogP contribution in [0.2, 0.25) is 0 Å². The molecular formula is C52H60N4OPt-2. The molecule has 3 heterocycles. The van der Waals surface area contributed by atoms with Crippen LogP contribution in [-0.2, 0) is 48.1 Å². The molecule has 0 aliphatic rings. The summed E-state index contributed by atoms with van der Waals surface area (Å²) in [5.74, 6) is 2.10. The van der Waals surface area contributed by atoms with Gasteiger partial charge in [0.15, 0.2) is 0 Å². The summed E-state index contributed by atoms with van der Waals surface area (Å²) in [4.78, 5) is 4.91. The summed E-state index contributed by atoms with van der Waals surface area (Å²) in [6, 6.07) is 33.8. The van der Waals surface area contributed by atoms with E-state index >= 15 is 0 Å². The summed E-state index contributed by atoms with van der Waals surface area (Å²) in [5.41, 5.74) is 10.1. The van der Waals surface area contributed by atoms with E-state index in [1.165, 1.54) is 27.6 Å². The summed E-state index contributed by atoms with van der Waals surface area (Å²) in [7, 11) is 0. The Labute approximate surface area is 361 Å². The molecule has 0 bridgehead atoms. The van der Waals surface area contributed by atoms with Crippen LogP contribution in [0.5, 0.6) is 11.5 Å². The second kappa shape index (κ2) is 15.0. The van der Waals surface area contributed by atoms with Gasteiger partial charge in [-0.05, 0) is 90.7 Å². The molecule has 0 aliphatic carbocycles. The molecule has 0 unspecified atom stereocenters. The van der Waals surface area contributed by atoms with E-state index in [0.29, 0.717) is 11.5 Å². The first-order valence-electron chi connectivity index (χ1n) is 20.3. The van der Waals surface area contributed by atoms with Gasteiger partial charge in [-0.3, -0.25) is 4.57 Å². The molecule has 0 N–H and O–H groups in total. The minimum Gasteiger partial charge on any atom is -0.510 e. The van der Waals surface area contributed by atoms with E-state index in [2.05, 4.69) is 204 Å². The maximum atomic E-state index is 6.75. The van der Waals surface area contributed by atoms with Crippen LogP contribution in [0, 0.1) is 18.5 Å². The van der Waals surface area contributed by atoms with Gasteiger partial charge in [0.25, 0.3) is 6.33 Å². The summed E-state index contributed by atoms with van der Waals surface area (Å²) < 4.78 is 13.1. The Kier molecular flexibility index (Phi) is 11.1. The SMILES string of the molecule is CC(C)(C)c1cc(Oc2[c-]c3c(cc2)c2cc(C(C)(C)C)ccc2n3-c2cc(C(C)(C)C)ccn2)[c-]c(-n2[c-][n+](-c3cc(C(C)(C)C)cc(C(C)(C)C)c3)cc2)c1.[Pt]. The Morgan fingerprint density at radius 1 is 0.552 bits per heavy atom. The summed E-state index contributed by atoms with van der Waals surface area (Å²) >= 11 is 0. The summed E-state index contributed by atoms with van der Waals surface area (Å²) in [5, 5.41) is 2.28. The zero-order valence-electron chi connectivity index (χ0n) is 37.2. The Morgan fingerprint density at radius 3 is 1.74 bits per heavy atom. The minimum atomic E-state index is -0.137. The number of rotatable bonds is 5. The van der Waals surface area contributed by atoms with Crippen molar-refractivity contribution < 1.29 is 30.4 Å². The van der Waals surface area contributed by atoms with E-state index in [0.717, 1.165) is 39.2 Å². The molecule has 0 atom stereocenters. The predicted octanol–water partition coefficient (Wildman–Crippen LogP) is 12.9. The third kappa shape index (κ3) is 8.76. The molecule has 7 aromatic rings. The van der Waals surface area contributed by atoms with Crippen LogP contribution >= 0.6 is 0 Å². The average molecular weight is 952 g/mol. The number of imidazole rings is 1. The van der Waals surface area contributed by atoms with Crippen LogP contribution < -0.4 is 9.30 Å². The number of pyridine rings is 1. The molecule has 0 radical (unpaired) electrons. The second-order valence-corrected chi connectivity index (χ2v) is 20.9. The number of nitrogens with zero attached hydrogens (tertiary/aromatic N) is 4. The molecule has 0 saturated heterocycles. The fourth-order valence-electron chi connectivity index (χ4n) is 7.17. The van der Waals surface area contributed by atoms with E-state index in [9.17, 15) is 0 Å². The number of benzene rings is 4. The van der Waals surface area contributed by atoms with Crippen LogP contribution in [0.1, 0.15) is 132 Å². The standard InChI is InChI=1S/C52H60N4O.Pt/c1-48(2,3)34-16-19-45-44(29-34)43-18-17-41(32-46(43)56(45)47-30-35(20-21-53-47)49(4,5)6)57-42-28-38(52(13,14)15)27-40(31-42)55-23-22-54(33-55)39-25-36(50(7,8)9)24-37(26-39)51(10,11)12;/h16-30H,1-15H3;/q-2;. The maximum absolute atomic E-state index is 6.75. The van der Waals surface area contributed by atoms with Crippen molar-refractivity contribution in [3.63, 3.8) is 0 Å². The van der Waals surface area contributed by atoms with E-state index in [4.69, 9.17) is 9.72 Å². The zero-order chi connectivity index (χ0) is 41.5. The number of ether oxygens (including phenoxy) is 1. The zero-order valence-corrected chi connectivity index (χ0v) is 39.4. The van der Waals surface area contributed by atoms with Gasteiger partial charge >= 0.3 is 0 Å². The fourth-order valence-corrected chi connectivity index (χ4v) is 7.17. The van der Waals surface area contributed by atoms with Crippen molar-refractivity contribution in [1.29, 1.82) is 0 Å². The fraction of sp³-hybridized carbons (Fsp3) is 0.385. The van der Waals surface area contributed by atoms with Gasteiger partial charge in [0, 0.05) is 56.7 Å². The number of hydrogen-bond acceptors (Lipinski definition) is 2. The predicted molar refractivity (Wildman–Crippen MR) is 236 cm³/mol. The number of hydrogen-bond donors (Lipinski definition) is 0. The Morgan fingerprint density at radius 2 is 1.14 bits per heavy atom. The molecule has 6 heteroatoms. The molecular weight excluding hydrogens is 892 g/mol. The van der Waals surface area contributed by atoms with Gasteiger partial charge in [-0.15, -0.1) is 29.7 Å². The van der Waals surface area contributed by atoms with E-state index in [1.54, 1.807) is 0 Å². The Bertz CT molecular complexity index is 2590. The Hall–Kier alpha value is -4.47. The maximum Gasteiger partial charge on any atom is 0.267 e. The van der Waals surface area contributed by atoms with Crippen molar-refractivity contribution in [3.05, 3.63) is 138 Å². The molecule has 58 heavy (non-hydrogen) atoms. The summed E-state index contributed by atoms with van der Waals surface area (Å²) in [6.45, 7) is 33.8. The van der Waals surface area contributed by atoms with Gasteiger partial charge in [0.1, 0.15) is 5.82 Å². The van der Waals surface area contributed by atoms with Crippen molar-refractivity contribution in [2.75, 3.05) is 0 Å². The van der Waals surface area contributed by atoms with Gasteiger partial charge < -0.3 is 13.9 Å². The molecule has 7 rings (SSSR count). The molecule has 0 amide bonds. The molecule has 0 saturated carbocycles. The third-order valence-corrected chi connectivity index (χ3v) is 11.0. The topological polar surface area (TPSA) is 35.9 Å². The van der Waals surface area contributed by atoms with Gasteiger partial charge in [0.2, 0.25) is 0 Å². The second-order valence-electron chi connectivity index (χ2n) is 20.9. The van der Waals surface area contributed by atoms with Crippen molar-refractivity contribution in [1.82, 2.24) is 14.1 Å². The minimum absolute atomic E-state index is 0. The quantitative estimate of drug-likeness (QED) is 0.127. The van der Waals surface area contributed by atoms with Crippen LogP contribution in [-0.4, -0.2) is 14.1 Å². The molecule has 0 spiro atoms. The normalized spacial score (nSPS) is 12.9. The molecule has 0 fully saturated rings. The largest absolute Gasteiger partial charge is 0.510 e. The molecule has 3 aromatic heterocycles. The van der Waals surface area contributed by atoms with Gasteiger partial charge in [-0.2, -0.15) is 17.7 Å². The van der Waals surface area contributed by atoms with Crippen LogP contribution in [0.4, 0.5) is 0 Å². The third-order valence-electron chi connectivity index (χ3n) is 11.0. The molecule has 5 nitrogen and oxygen atoms in total. The van der Waals surface area contributed by atoms with Crippen molar-refractivity contribution in [2.24, 2.45) is 0 Å². The smallest absolute Gasteiger partial charge is 0.267 e. The molecule has 0 aliphatic heterocycles. The number of aromatic nitrogens is 4. The van der Waals surface area contributed by atoms with Gasteiger partial charge in [0.05, 0.1) is 5.69 Å². The molecule has 306 valence electrons. The molecule has 4 aromatic carbocycles. The van der Waals surface area contributed by atoms with E-state index in [1.807, 2.05) is 23.0 Å². The summed E-state index contributed by atoms with van der Waals surface area (Å²) in [6.07, 6.45) is 9.63. The van der Waals surface area contributed by atoms with Gasteiger partial charge in [-0.25, -0.2) is 4.98 Å². The van der Waals surface area contributed by atoms with Crippen LogP contribution in [0.15, 0.2) is 91.4 Å². The van der Waals surface area contributed by atoms with Crippen molar-refractivity contribution >= 4 is 21.8 Å². The first-order chi connectivity index (χ1) is 26.4. The van der Waals surface area contributed by atoms with Gasteiger partial charge in [-0.1, -0.05) is 128 Å². The van der Waals surface area contributed by atoms with Crippen molar-refractivity contribution in [3.8, 4) is 28.7 Å². The van der Waals surface area contributed by atoms with E-state index in [-0.39, 0.29) is 48.1 Å². The first-order valence-corrected chi connectivity index (χ1v) is 20.3. The van der Waals surface area contributed by atoms with Crippen molar-refractivity contribution in [2.45, 2.75) is 131 Å². The van der Waals surface area contributed by atoms with Crippen LogP contribution in [0.3, 0.4) is 0 Å². The number of fused-ring (bicyclic) bond motifs is 3. The Balaban J connectivity index is 0.00000567.